The van der Waals surface area contributed by atoms with Crippen LogP contribution in [0.4, 0.5) is 0 Å². The summed E-state index contributed by atoms with van der Waals surface area (Å²) in [5.41, 5.74) is 2.16. The van der Waals surface area contributed by atoms with Gasteiger partial charge in [-0.05, 0) is 30.7 Å². The Bertz CT molecular complexity index is 856. The first-order valence-electron chi connectivity index (χ1n) is 9.28. The predicted molar refractivity (Wildman–Crippen MR) is 121 cm³/mol. The van der Waals surface area contributed by atoms with Crippen LogP contribution in [0.2, 0.25) is 0 Å². The Morgan fingerprint density at radius 3 is 2.82 bits per heavy atom. The molecule has 0 amide bonds. The van der Waals surface area contributed by atoms with E-state index in [1.54, 1.807) is 12.5 Å². The molecular formula is C19H27IN8. The maximum Gasteiger partial charge on any atom is 0.191 e. The van der Waals surface area contributed by atoms with E-state index >= 15 is 0 Å². The molecule has 0 aliphatic rings. The zero-order chi connectivity index (χ0) is 18.9. The molecule has 0 aliphatic carbocycles. The maximum atomic E-state index is 4.69. The Balaban J connectivity index is 0.00000280. The molecule has 3 rings (SSSR count). The number of rotatable bonds is 8. The molecule has 0 bridgehead atoms. The molecule has 150 valence electrons. The van der Waals surface area contributed by atoms with Crippen LogP contribution >= 0.6 is 24.0 Å². The number of aliphatic imine (C=N–C) groups is 1. The molecule has 0 radical (unpaired) electrons. The van der Waals surface area contributed by atoms with Crippen molar-refractivity contribution in [2.75, 3.05) is 13.1 Å². The largest absolute Gasteiger partial charge is 0.357 e. The number of benzene rings is 1. The average molecular weight is 494 g/mol. The molecule has 0 spiro atoms. The van der Waals surface area contributed by atoms with Crippen molar-refractivity contribution >= 4 is 29.9 Å². The van der Waals surface area contributed by atoms with Crippen LogP contribution in [0.3, 0.4) is 0 Å². The minimum absolute atomic E-state index is 0. The summed E-state index contributed by atoms with van der Waals surface area (Å²) >= 11 is 0. The molecule has 0 atom stereocenters. The summed E-state index contributed by atoms with van der Waals surface area (Å²) in [4.78, 5) is 4.69. The van der Waals surface area contributed by atoms with Gasteiger partial charge in [0, 0.05) is 38.4 Å². The fraction of sp³-hybridized carbons (Fsp3) is 0.368. The maximum absolute atomic E-state index is 4.69. The molecule has 1 aromatic carbocycles. The summed E-state index contributed by atoms with van der Waals surface area (Å²) in [6.07, 6.45) is 6.35. The Labute approximate surface area is 182 Å². The second-order valence-electron chi connectivity index (χ2n) is 6.04. The second-order valence-corrected chi connectivity index (χ2v) is 6.04. The summed E-state index contributed by atoms with van der Waals surface area (Å²) in [6, 6.07) is 10.2. The Morgan fingerprint density at radius 1 is 1.18 bits per heavy atom. The molecule has 2 heterocycles. The number of aryl methyl sites for hydroxylation is 1. The lowest BCUT2D eigenvalue weighted by atomic mass is 10.2. The van der Waals surface area contributed by atoms with Gasteiger partial charge in [0.1, 0.15) is 12.2 Å². The number of halogens is 1. The quantitative estimate of drug-likeness (QED) is 0.286. The van der Waals surface area contributed by atoms with Gasteiger partial charge in [-0.1, -0.05) is 19.1 Å². The van der Waals surface area contributed by atoms with Gasteiger partial charge in [-0.25, -0.2) is 9.67 Å². The molecule has 9 heteroatoms. The van der Waals surface area contributed by atoms with Crippen LogP contribution in [0, 0.1) is 0 Å². The molecule has 8 nitrogen and oxygen atoms in total. The predicted octanol–water partition coefficient (Wildman–Crippen LogP) is 2.40. The third kappa shape index (κ3) is 6.04. The number of nitrogens with zero attached hydrogens (tertiary/aromatic N) is 6. The topological polar surface area (TPSA) is 85.0 Å². The van der Waals surface area contributed by atoms with E-state index in [4.69, 9.17) is 4.99 Å². The highest BCUT2D eigenvalue weighted by molar-refractivity contribution is 14.0. The standard InChI is InChI=1S/C19H26N8.HI/c1-3-18-25-23-15-26(18)12-10-21-19(20-4-2)22-14-16-7-5-8-17(13-16)27-11-6-9-24-27;/h5-9,11,13,15H,3-4,10,12,14H2,1-2H3,(H2,20,21,22);1H. The van der Waals surface area contributed by atoms with Gasteiger partial charge in [-0.3, -0.25) is 0 Å². The Kier molecular flexibility index (Phi) is 8.92. The van der Waals surface area contributed by atoms with E-state index in [1.165, 1.54) is 0 Å². The first-order chi connectivity index (χ1) is 13.3. The monoisotopic (exact) mass is 494 g/mol. The second kappa shape index (κ2) is 11.4. The first kappa shape index (κ1) is 21.9. The van der Waals surface area contributed by atoms with Crippen LogP contribution in [0.15, 0.2) is 54.0 Å². The molecule has 0 saturated carbocycles. The molecule has 0 fully saturated rings. The van der Waals surface area contributed by atoms with E-state index in [0.29, 0.717) is 6.54 Å². The van der Waals surface area contributed by atoms with E-state index in [9.17, 15) is 0 Å². The smallest absolute Gasteiger partial charge is 0.191 e. The van der Waals surface area contributed by atoms with E-state index in [0.717, 1.165) is 49.1 Å². The molecular weight excluding hydrogens is 467 g/mol. The Morgan fingerprint density at radius 2 is 2.07 bits per heavy atom. The molecule has 3 aromatic rings. The van der Waals surface area contributed by atoms with E-state index in [-0.39, 0.29) is 24.0 Å². The normalized spacial score (nSPS) is 11.1. The van der Waals surface area contributed by atoms with Crippen molar-refractivity contribution in [1.82, 2.24) is 35.2 Å². The van der Waals surface area contributed by atoms with Gasteiger partial charge in [0.15, 0.2) is 5.96 Å². The van der Waals surface area contributed by atoms with Gasteiger partial charge in [-0.15, -0.1) is 34.2 Å². The highest BCUT2D eigenvalue weighted by Gasteiger charge is 2.03. The fourth-order valence-corrected chi connectivity index (χ4v) is 2.77. The summed E-state index contributed by atoms with van der Waals surface area (Å²) in [6.45, 7) is 7.10. The van der Waals surface area contributed by atoms with E-state index in [1.807, 2.05) is 29.1 Å². The van der Waals surface area contributed by atoms with Gasteiger partial charge < -0.3 is 15.2 Å². The third-order valence-electron chi connectivity index (χ3n) is 4.10. The van der Waals surface area contributed by atoms with Crippen molar-refractivity contribution in [2.45, 2.75) is 33.4 Å². The van der Waals surface area contributed by atoms with Crippen molar-refractivity contribution < 1.29 is 0 Å². The van der Waals surface area contributed by atoms with Gasteiger partial charge in [-0.2, -0.15) is 5.10 Å². The van der Waals surface area contributed by atoms with Gasteiger partial charge in [0.2, 0.25) is 0 Å². The van der Waals surface area contributed by atoms with E-state index < -0.39 is 0 Å². The van der Waals surface area contributed by atoms with E-state index in [2.05, 4.69) is 56.5 Å². The van der Waals surface area contributed by atoms with Gasteiger partial charge in [0.05, 0.1) is 12.2 Å². The fourth-order valence-electron chi connectivity index (χ4n) is 2.77. The van der Waals surface area contributed by atoms with Crippen LogP contribution in [-0.2, 0) is 19.5 Å². The summed E-state index contributed by atoms with van der Waals surface area (Å²) in [7, 11) is 0. The summed E-state index contributed by atoms with van der Waals surface area (Å²) in [5.74, 6) is 1.79. The van der Waals surface area contributed by atoms with Crippen molar-refractivity contribution in [2.24, 2.45) is 4.99 Å². The van der Waals surface area contributed by atoms with Crippen LogP contribution in [-0.4, -0.2) is 43.6 Å². The van der Waals surface area contributed by atoms with Crippen molar-refractivity contribution in [3.8, 4) is 5.69 Å². The number of guanidine groups is 1. The minimum atomic E-state index is 0. The molecule has 0 aliphatic heterocycles. The summed E-state index contributed by atoms with van der Waals surface area (Å²) in [5, 5.41) is 19.0. The number of aromatic nitrogens is 5. The molecule has 0 saturated heterocycles. The van der Waals surface area contributed by atoms with Gasteiger partial charge >= 0.3 is 0 Å². The van der Waals surface area contributed by atoms with Crippen LogP contribution in [0.25, 0.3) is 5.69 Å². The van der Waals surface area contributed by atoms with Crippen LogP contribution in [0.5, 0.6) is 0 Å². The summed E-state index contributed by atoms with van der Waals surface area (Å²) < 4.78 is 3.91. The van der Waals surface area contributed by atoms with Crippen LogP contribution in [0.1, 0.15) is 25.2 Å². The average Bonchev–Trinajstić information content (AvgIpc) is 3.38. The van der Waals surface area contributed by atoms with Crippen molar-refractivity contribution in [3.63, 3.8) is 0 Å². The zero-order valence-corrected chi connectivity index (χ0v) is 18.6. The number of hydrogen-bond donors (Lipinski definition) is 2. The molecule has 0 unspecified atom stereocenters. The minimum Gasteiger partial charge on any atom is -0.357 e. The lowest BCUT2D eigenvalue weighted by Gasteiger charge is -2.12. The molecule has 2 aromatic heterocycles. The lowest BCUT2D eigenvalue weighted by Crippen LogP contribution is -2.38. The highest BCUT2D eigenvalue weighted by atomic mass is 127. The first-order valence-corrected chi connectivity index (χ1v) is 9.28. The van der Waals surface area contributed by atoms with Gasteiger partial charge in [0.25, 0.3) is 0 Å². The molecule has 28 heavy (non-hydrogen) atoms. The Hall–Kier alpha value is -2.43. The SMILES string of the molecule is CCNC(=NCc1cccc(-n2cccn2)c1)NCCn1cnnc1CC.I. The highest BCUT2D eigenvalue weighted by Crippen LogP contribution is 2.10. The van der Waals surface area contributed by atoms with Crippen LogP contribution < -0.4 is 10.6 Å². The zero-order valence-electron chi connectivity index (χ0n) is 16.2. The third-order valence-corrected chi connectivity index (χ3v) is 4.10. The molecule has 2 N–H and O–H groups in total. The van der Waals surface area contributed by atoms with Crippen molar-refractivity contribution in [1.29, 1.82) is 0 Å². The number of hydrogen-bond acceptors (Lipinski definition) is 4. The van der Waals surface area contributed by atoms with Crippen molar-refractivity contribution in [3.05, 3.63) is 60.4 Å². The number of nitrogens with one attached hydrogen (secondary N) is 2. The lowest BCUT2D eigenvalue weighted by molar-refractivity contribution is 0.632.